The highest BCUT2D eigenvalue weighted by Crippen LogP contribution is 2.16. The molecule has 1 aliphatic rings. The molecular weight excluding hydrogens is 404 g/mol. The molecular formula is C21H32N4O6. The average Bonchev–Trinajstić information content (AvgIpc) is 2.71. The summed E-state index contributed by atoms with van der Waals surface area (Å²) in [4.78, 5) is 41.0. The van der Waals surface area contributed by atoms with Crippen LogP contribution in [0.4, 0.5) is 10.5 Å². The summed E-state index contributed by atoms with van der Waals surface area (Å²) in [5, 5.41) is 28.0. The van der Waals surface area contributed by atoms with Crippen LogP contribution >= 0.6 is 0 Å². The maximum Gasteiger partial charge on any atom is 0.407 e. The van der Waals surface area contributed by atoms with Crippen LogP contribution in [-0.4, -0.2) is 113 Å². The minimum absolute atomic E-state index is 0.134. The Bertz CT molecular complexity index is 742. The van der Waals surface area contributed by atoms with E-state index in [4.69, 9.17) is 5.11 Å². The Balaban J connectivity index is 2.21. The van der Waals surface area contributed by atoms with Crippen molar-refractivity contribution in [1.82, 2.24) is 14.7 Å². The lowest BCUT2D eigenvalue weighted by atomic mass is 10.1. The van der Waals surface area contributed by atoms with Crippen molar-refractivity contribution in [1.29, 1.82) is 0 Å². The number of anilines is 1. The maximum absolute atomic E-state index is 11.7. The zero-order valence-electron chi connectivity index (χ0n) is 17.9. The van der Waals surface area contributed by atoms with Gasteiger partial charge in [-0.15, -0.1) is 0 Å². The fourth-order valence-corrected chi connectivity index (χ4v) is 3.59. The fourth-order valence-electron chi connectivity index (χ4n) is 3.59. The van der Waals surface area contributed by atoms with Gasteiger partial charge >= 0.3 is 18.0 Å². The maximum atomic E-state index is 11.7. The van der Waals surface area contributed by atoms with Gasteiger partial charge in [-0.05, 0) is 24.1 Å². The Morgan fingerprint density at radius 1 is 0.742 bits per heavy atom. The van der Waals surface area contributed by atoms with Crippen molar-refractivity contribution in [2.75, 3.05) is 70.3 Å². The first-order chi connectivity index (χ1) is 14.8. The molecule has 0 radical (unpaired) electrons. The van der Waals surface area contributed by atoms with Crippen molar-refractivity contribution in [3.05, 3.63) is 29.8 Å². The lowest BCUT2D eigenvalue weighted by molar-refractivity contribution is -0.140. The molecule has 0 unspecified atom stereocenters. The van der Waals surface area contributed by atoms with Crippen LogP contribution in [0.1, 0.15) is 12.5 Å². The number of nitrogens with zero attached hydrogens (tertiary/aromatic N) is 4. The monoisotopic (exact) mass is 436 g/mol. The molecule has 2 rings (SSSR count). The largest absolute Gasteiger partial charge is 0.480 e. The van der Waals surface area contributed by atoms with E-state index in [2.05, 4.69) is 11.8 Å². The summed E-state index contributed by atoms with van der Waals surface area (Å²) < 4.78 is 0. The molecule has 10 heteroatoms. The van der Waals surface area contributed by atoms with Crippen LogP contribution in [0.3, 0.4) is 0 Å². The third-order valence-electron chi connectivity index (χ3n) is 5.44. The van der Waals surface area contributed by atoms with Gasteiger partial charge in [0.25, 0.3) is 0 Å². The van der Waals surface area contributed by atoms with Gasteiger partial charge < -0.3 is 25.1 Å². The van der Waals surface area contributed by atoms with Gasteiger partial charge in [0.2, 0.25) is 0 Å². The van der Waals surface area contributed by atoms with Gasteiger partial charge in [0.05, 0.1) is 13.1 Å². The number of rotatable bonds is 6. The highest BCUT2D eigenvalue weighted by Gasteiger charge is 2.21. The normalized spacial score (nSPS) is 17.6. The lowest BCUT2D eigenvalue weighted by Crippen LogP contribution is -2.48. The predicted octanol–water partition coefficient (Wildman–Crippen LogP) is 0.822. The average molecular weight is 437 g/mol. The third kappa shape index (κ3) is 8.42. The summed E-state index contributed by atoms with van der Waals surface area (Å²) in [6.07, 6.45) is -0.118. The number of aliphatic carboxylic acids is 2. The smallest absolute Gasteiger partial charge is 0.407 e. The van der Waals surface area contributed by atoms with Crippen LogP contribution in [0.25, 0.3) is 0 Å². The summed E-state index contributed by atoms with van der Waals surface area (Å²) in [7, 11) is 0. The van der Waals surface area contributed by atoms with E-state index in [1.807, 2.05) is 24.3 Å². The van der Waals surface area contributed by atoms with Crippen LogP contribution < -0.4 is 4.90 Å². The highest BCUT2D eigenvalue weighted by molar-refractivity contribution is 5.69. The topological polar surface area (TPSA) is 125 Å². The number of carboxylic acid groups (broad SMARTS) is 3. The Kier molecular flexibility index (Phi) is 9.54. The zero-order valence-corrected chi connectivity index (χ0v) is 17.9. The Labute approximate surface area is 182 Å². The van der Waals surface area contributed by atoms with Crippen molar-refractivity contribution in [2.24, 2.45) is 0 Å². The number of hydrogen-bond donors (Lipinski definition) is 3. The predicted molar refractivity (Wildman–Crippen MR) is 116 cm³/mol. The summed E-state index contributed by atoms with van der Waals surface area (Å²) in [5.74, 6) is -1.94. The second-order valence-corrected chi connectivity index (χ2v) is 7.62. The molecule has 0 atom stereocenters. The second kappa shape index (κ2) is 12.1. The van der Waals surface area contributed by atoms with E-state index in [-0.39, 0.29) is 32.7 Å². The van der Waals surface area contributed by atoms with Crippen molar-refractivity contribution >= 4 is 23.7 Å². The van der Waals surface area contributed by atoms with Gasteiger partial charge in [0, 0.05) is 58.0 Å². The van der Waals surface area contributed by atoms with Crippen molar-refractivity contribution in [3.8, 4) is 0 Å². The Morgan fingerprint density at radius 2 is 1.19 bits per heavy atom. The zero-order chi connectivity index (χ0) is 22.8. The van der Waals surface area contributed by atoms with Gasteiger partial charge in [0.1, 0.15) is 0 Å². The summed E-state index contributed by atoms with van der Waals surface area (Å²) in [6.45, 7) is 4.63. The minimum atomic E-state index is -1.04. The van der Waals surface area contributed by atoms with Gasteiger partial charge in [-0.1, -0.05) is 19.1 Å². The Hall–Kier alpha value is -2.85. The minimum Gasteiger partial charge on any atom is -0.480 e. The summed E-state index contributed by atoms with van der Waals surface area (Å²) in [5.41, 5.74) is 2.17. The van der Waals surface area contributed by atoms with E-state index in [9.17, 15) is 24.6 Å². The van der Waals surface area contributed by atoms with Crippen molar-refractivity contribution in [2.45, 2.75) is 13.3 Å². The van der Waals surface area contributed by atoms with Gasteiger partial charge in [-0.3, -0.25) is 19.4 Å². The van der Waals surface area contributed by atoms with Crippen LogP contribution in [0.15, 0.2) is 24.3 Å². The van der Waals surface area contributed by atoms with Crippen molar-refractivity contribution < 1.29 is 29.7 Å². The first kappa shape index (κ1) is 24.4. The molecule has 1 saturated heterocycles. The van der Waals surface area contributed by atoms with Gasteiger partial charge in [-0.25, -0.2) is 4.79 Å². The highest BCUT2D eigenvalue weighted by atomic mass is 16.4. The molecule has 0 spiro atoms. The molecule has 31 heavy (non-hydrogen) atoms. The number of amides is 1. The number of aryl methyl sites for hydroxylation is 1. The first-order valence-electron chi connectivity index (χ1n) is 10.5. The fraction of sp³-hybridized carbons (Fsp3) is 0.571. The van der Waals surface area contributed by atoms with E-state index in [0.717, 1.165) is 12.1 Å². The molecule has 0 saturated carbocycles. The molecule has 0 aromatic heterocycles. The van der Waals surface area contributed by atoms with E-state index in [1.54, 1.807) is 9.80 Å². The SMILES string of the molecule is CCc1ccc(N2CCN(CC(=O)O)CCN(CC(=O)O)CCN(C(=O)O)CC2)cc1. The summed E-state index contributed by atoms with van der Waals surface area (Å²) in [6, 6.07) is 8.09. The number of benzene rings is 1. The number of hydrogen-bond acceptors (Lipinski definition) is 6. The molecule has 1 aromatic carbocycles. The lowest BCUT2D eigenvalue weighted by Gasteiger charge is -2.33. The number of carbonyl (C=O) groups is 3. The molecule has 3 N–H and O–H groups in total. The molecule has 1 amide bonds. The third-order valence-corrected chi connectivity index (χ3v) is 5.44. The molecule has 1 aliphatic heterocycles. The molecule has 1 fully saturated rings. The van der Waals surface area contributed by atoms with Gasteiger partial charge in [0.15, 0.2) is 0 Å². The molecule has 0 bridgehead atoms. The molecule has 1 heterocycles. The molecule has 0 aliphatic carbocycles. The Morgan fingerprint density at radius 3 is 1.68 bits per heavy atom. The van der Waals surface area contributed by atoms with Crippen LogP contribution in [-0.2, 0) is 16.0 Å². The van der Waals surface area contributed by atoms with E-state index in [1.165, 1.54) is 10.5 Å². The van der Waals surface area contributed by atoms with Crippen molar-refractivity contribution in [3.63, 3.8) is 0 Å². The molecule has 172 valence electrons. The van der Waals surface area contributed by atoms with Crippen LogP contribution in [0, 0.1) is 0 Å². The number of carboxylic acids is 2. The molecule has 1 aromatic rings. The van der Waals surface area contributed by atoms with E-state index >= 15 is 0 Å². The first-order valence-corrected chi connectivity index (χ1v) is 10.5. The van der Waals surface area contributed by atoms with Crippen LogP contribution in [0.5, 0.6) is 0 Å². The molecule has 10 nitrogen and oxygen atoms in total. The van der Waals surface area contributed by atoms with Gasteiger partial charge in [-0.2, -0.15) is 0 Å². The summed E-state index contributed by atoms with van der Waals surface area (Å²) >= 11 is 0. The van der Waals surface area contributed by atoms with Crippen LogP contribution in [0.2, 0.25) is 0 Å². The van der Waals surface area contributed by atoms with E-state index in [0.29, 0.717) is 32.7 Å². The second-order valence-electron chi connectivity index (χ2n) is 7.62. The standard InChI is InChI=1S/C21H32N4O6/c1-2-17-3-5-18(6-4-17)24-11-9-22(15-19(26)27)7-8-23(16-20(28)29)10-12-25(14-13-24)21(30)31/h3-6H,2,7-16H2,1H3,(H,26,27)(H,28,29)(H,30,31). The quantitative estimate of drug-likeness (QED) is 0.594. The van der Waals surface area contributed by atoms with E-state index < -0.39 is 18.0 Å².